The predicted molar refractivity (Wildman–Crippen MR) is 93.2 cm³/mol. The van der Waals surface area contributed by atoms with E-state index < -0.39 is 0 Å². The monoisotopic (exact) mass is 324 g/mol. The predicted octanol–water partition coefficient (Wildman–Crippen LogP) is 3.56. The Morgan fingerprint density at radius 2 is 2.19 bits per heavy atom. The van der Waals surface area contributed by atoms with Gasteiger partial charge in [0.05, 0.1) is 0 Å². The van der Waals surface area contributed by atoms with Gasteiger partial charge >= 0.3 is 6.03 Å². The minimum absolute atomic E-state index is 0.106. The number of piperidine rings is 1. The molecule has 1 atom stereocenters. The van der Waals surface area contributed by atoms with Crippen LogP contribution in [0.15, 0.2) is 35.2 Å². The molecule has 2 rings (SSSR count). The smallest absolute Gasteiger partial charge is 0.317 e. The summed E-state index contributed by atoms with van der Waals surface area (Å²) in [7, 11) is 0. The normalized spacial score (nSPS) is 18.5. The first-order valence-electron chi connectivity index (χ1n) is 7.49. The molecule has 0 aliphatic carbocycles. The van der Waals surface area contributed by atoms with E-state index >= 15 is 0 Å². The first kappa shape index (κ1) is 16.6. The number of amides is 2. The second-order valence-electron chi connectivity index (χ2n) is 5.30. The number of thioether (sulfide) groups is 2. The van der Waals surface area contributed by atoms with E-state index in [0.717, 1.165) is 37.6 Å². The van der Waals surface area contributed by atoms with Gasteiger partial charge in [-0.15, -0.1) is 11.8 Å². The quantitative estimate of drug-likeness (QED) is 0.641. The summed E-state index contributed by atoms with van der Waals surface area (Å²) in [5.41, 5.74) is 0. The molecular weight excluding hydrogens is 300 g/mol. The molecule has 1 saturated heterocycles. The van der Waals surface area contributed by atoms with Crippen LogP contribution in [-0.2, 0) is 0 Å². The molecule has 0 spiro atoms. The molecule has 1 aliphatic rings. The van der Waals surface area contributed by atoms with Crippen LogP contribution < -0.4 is 5.32 Å². The second-order valence-corrected chi connectivity index (χ2v) is 7.38. The fraction of sp³-hybridized carbons (Fsp3) is 0.562. The molecule has 2 amide bonds. The standard InChI is InChI=1S/C16H24N2OS2/c1-20-13-14-6-5-10-18(12-14)16(19)17-9-11-21-15-7-3-2-4-8-15/h2-4,7-8,14H,5-6,9-13H2,1H3,(H,17,19). The average molecular weight is 325 g/mol. The van der Waals surface area contributed by atoms with E-state index in [2.05, 4.69) is 23.7 Å². The number of nitrogens with zero attached hydrogens (tertiary/aromatic N) is 1. The molecule has 116 valence electrons. The molecule has 1 unspecified atom stereocenters. The zero-order valence-corrected chi connectivity index (χ0v) is 14.2. The fourth-order valence-corrected chi connectivity index (χ4v) is 4.11. The van der Waals surface area contributed by atoms with Gasteiger partial charge in [0.15, 0.2) is 0 Å². The zero-order chi connectivity index (χ0) is 14.9. The minimum atomic E-state index is 0.106. The highest BCUT2D eigenvalue weighted by Crippen LogP contribution is 2.20. The van der Waals surface area contributed by atoms with E-state index in [-0.39, 0.29) is 6.03 Å². The maximum absolute atomic E-state index is 12.2. The lowest BCUT2D eigenvalue weighted by Gasteiger charge is -2.32. The third kappa shape index (κ3) is 5.83. The summed E-state index contributed by atoms with van der Waals surface area (Å²) >= 11 is 3.66. The fourth-order valence-electron chi connectivity index (χ4n) is 2.58. The van der Waals surface area contributed by atoms with Gasteiger partial charge in [-0.25, -0.2) is 4.79 Å². The van der Waals surface area contributed by atoms with Crippen molar-refractivity contribution in [3.05, 3.63) is 30.3 Å². The lowest BCUT2D eigenvalue weighted by atomic mass is 10.0. The SMILES string of the molecule is CSCC1CCCN(C(=O)NCCSc2ccccc2)C1. The van der Waals surface area contributed by atoms with Crippen LogP contribution in [0.1, 0.15) is 12.8 Å². The molecule has 5 heteroatoms. The number of urea groups is 1. The van der Waals surface area contributed by atoms with Crippen LogP contribution in [0.4, 0.5) is 4.79 Å². The summed E-state index contributed by atoms with van der Waals surface area (Å²) in [6.45, 7) is 2.54. The molecule has 0 radical (unpaired) electrons. The Labute approximate surface area is 136 Å². The first-order chi connectivity index (χ1) is 10.3. The number of benzene rings is 1. The lowest BCUT2D eigenvalue weighted by molar-refractivity contribution is 0.171. The zero-order valence-electron chi connectivity index (χ0n) is 12.6. The van der Waals surface area contributed by atoms with Crippen molar-refractivity contribution in [2.75, 3.05) is 37.4 Å². The molecule has 1 aromatic carbocycles. The average Bonchev–Trinajstić information content (AvgIpc) is 2.53. The van der Waals surface area contributed by atoms with Crippen LogP contribution in [0.25, 0.3) is 0 Å². The van der Waals surface area contributed by atoms with Crippen molar-refractivity contribution in [2.45, 2.75) is 17.7 Å². The second kappa shape index (κ2) is 9.26. The third-order valence-electron chi connectivity index (χ3n) is 3.60. The Bertz CT molecular complexity index is 426. The maximum atomic E-state index is 12.2. The van der Waals surface area contributed by atoms with Gasteiger partial charge < -0.3 is 10.2 Å². The van der Waals surface area contributed by atoms with Crippen LogP contribution >= 0.6 is 23.5 Å². The van der Waals surface area contributed by atoms with Crippen molar-refractivity contribution in [2.24, 2.45) is 5.92 Å². The highest BCUT2D eigenvalue weighted by Gasteiger charge is 2.22. The molecule has 0 aromatic heterocycles. The molecule has 0 saturated carbocycles. The molecule has 3 nitrogen and oxygen atoms in total. The van der Waals surface area contributed by atoms with Crippen molar-refractivity contribution in [3.8, 4) is 0 Å². The van der Waals surface area contributed by atoms with Crippen molar-refractivity contribution in [1.29, 1.82) is 0 Å². The number of likely N-dealkylation sites (tertiary alicyclic amines) is 1. The minimum Gasteiger partial charge on any atom is -0.337 e. The summed E-state index contributed by atoms with van der Waals surface area (Å²) in [5, 5.41) is 3.04. The van der Waals surface area contributed by atoms with E-state index in [0.29, 0.717) is 5.92 Å². The summed E-state index contributed by atoms with van der Waals surface area (Å²) in [6.07, 6.45) is 4.53. The van der Waals surface area contributed by atoms with Crippen molar-refractivity contribution in [1.82, 2.24) is 10.2 Å². The van der Waals surface area contributed by atoms with Gasteiger partial charge in [0.25, 0.3) is 0 Å². The van der Waals surface area contributed by atoms with E-state index in [9.17, 15) is 4.79 Å². The Hall–Kier alpha value is -0.810. The number of carbonyl (C=O) groups excluding carboxylic acids is 1. The number of nitrogens with one attached hydrogen (secondary N) is 1. The molecule has 1 aliphatic heterocycles. The Morgan fingerprint density at radius 1 is 1.38 bits per heavy atom. The molecule has 0 bridgehead atoms. The van der Waals surface area contributed by atoms with E-state index in [4.69, 9.17) is 0 Å². The molecule has 1 N–H and O–H groups in total. The van der Waals surface area contributed by atoms with Crippen LogP contribution in [0.2, 0.25) is 0 Å². The summed E-state index contributed by atoms with van der Waals surface area (Å²) in [5.74, 6) is 2.74. The van der Waals surface area contributed by atoms with Crippen LogP contribution in [0.5, 0.6) is 0 Å². The maximum Gasteiger partial charge on any atom is 0.317 e. The first-order valence-corrected chi connectivity index (χ1v) is 9.87. The highest BCUT2D eigenvalue weighted by molar-refractivity contribution is 7.99. The largest absolute Gasteiger partial charge is 0.337 e. The van der Waals surface area contributed by atoms with Gasteiger partial charge in [0.2, 0.25) is 0 Å². The van der Waals surface area contributed by atoms with E-state index in [1.165, 1.54) is 11.3 Å². The van der Waals surface area contributed by atoms with Crippen LogP contribution in [0, 0.1) is 5.92 Å². The van der Waals surface area contributed by atoms with Gasteiger partial charge in [-0.05, 0) is 42.9 Å². The Morgan fingerprint density at radius 3 is 2.95 bits per heavy atom. The van der Waals surface area contributed by atoms with Crippen LogP contribution in [-0.4, -0.2) is 48.3 Å². The molecule has 1 heterocycles. The van der Waals surface area contributed by atoms with Crippen molar-refractivity contribution >= 4 is 29.6 Å². The number of rotatable bonds is 6. The van der Waals surface area contributed by atoms with E-state index in [1.54, 1.807) is 11.8 Å². The highest BCUT2D eigenvalue weighted by atomic mass is 32.2. The Kier molecular flexibility index (Phi) is 7.30. The molecular formula is C16H24N2OS2. The number of carbonyl (C=O) groups is 1. The lowest BCUT2D eigenvalue weighted by Crippen LogP contribution is -2.46. The number of hydrogen-bond acceptors (Lipinski definition) is 3. The molecule has 21 heavy (non-hydrogen) atoms. The van der Waals surface area contributed by atoms with Crippen LogP contribution in [0.3, 0.4) is 0 Å². The topological polar surface area (TPSA) is 32.3 Å². The van der Waals surface area contributed by atoms with Crippen molar-refractivity contribution < 1.29 is 4.79 Å². The van der Waals surface area contributed by atoms with Gasteiger partial charge in [-0.1, -0.05) is 18.2 Å². The molecule has 1 aromatic rings. The van der Waals surface area contributed by atoms with Crippen molar-refractivity contribution in [3.63, 3.8) is 0 Å². The third-order valence-corrected chi connectivity index (χ3v) is 5.42. The van der Waals surface area contributed by atoms with Gasteiger partial charge in [-0.3, -0.25) is 0 Å². The molecule has 1 fully saturated rings. The summed E-state index contributed by atoms with van der Waals surface area (Å²) in [6, 6.07) is 10.4. The Balaban J connectivity index is 1.65. The van der Waals surface area contributed by atoms with E-state index in [1.807, 2.05) is 34.9 Å². The number of hydrogen-bond donors (Lipinski definition) is 1. The van der Waals surface area contributed by atoms with Gasteiger partial charge in [-0.2, -0.15) is 11.8 Å². The summed E-state index contributed by atoms with van der Waals surface area (Å²) in [4.78, 5) is 15.4. The van der Waals surface area contributed by atoms with Gasteiger partial charge in [0, 0.05) is 30.3 Å². The van der Waals surface area contributed by atoms with Gasteiger partial charge in [0.1, 0.15) is 0 Å². The summed E-state index contributed by atoms with van der Waals surface area (Å²) < 4.78 is 0.